The van der Waals surface area contributed by atoms with Crippen molar-refractivity contribution in [2.75, 3.05) is 0 Å². The fourth-order valence-corrected chi connectivity index (χ4v) is 0.407. The van der Waals surface area contributed by atoms with Crippen molar-refractivity contribution in [2.45, 2.75) is 12.0 Å². The number of rotatable bonds is 0. The minimum Gasteiger partial charge on any atom is -0.321 e. The van der Waals surface area contributed by atoms with E-state index in [0.29, 0.717) is 0 Å². The van der Waals surface area contributed by atoms with E-state index in [-0.39, 0.29) is 0 Å². The van der Waals surface area contributed by atoms with Gasteiger partial charge in [0, 0.05) is 12.0 Å². The van der Waals surface area contributed by atoms with Crippen LogP contribution in [0.5, 0.6) is 0 Å². The van der Waals surface area contributed by atoms with Gasteiger partial charge in [0.25, 0.3) is 0 Å². The van der Waals surface area contributed by atoms with E-state index in [2.05, 4.69) is 0 Å². The van der Waals surface area contributed by atoms with Gasteiger partial charge in [0.1, 0.15) is 0 Å². The summed E-state index contributed by atoms with van der Waals surface area (Å²) in [5.41, 5.74) is 10.6. The molecule has 0 bridgehead atoms. The molecule has 1 aliphatic rings. The zero-order valence-corrected chi connectivity index (χ0v) is 4.31. The van der Waals surface area contributed by atoms with E-state index >= 15 is 0 Å². The lowest BCUT2D eigenvalue weighted by Gasteiger charge is -2.07. The maximum Gasteiger partial charge on any atom is 0.0593 e. The Kier molecular flexibility index (Phi) is 0.616. The van der Waals surface area contributed by atoms with Gasteiger partial charge in [-0.25, -0.2) is 0 Å². The topological polar surface area (TPSA) is 52.0 Å². The molecule has 8 heavy (non-hydrogen) atoms. The van der Waals surface area contributed by atoms with Crippen LogP contribution in [0.3, 0.4) is 0 Å². The van der Waals surface area contributed by atoms with E-state index in [1.807, 2.05) is 0 Å². The molecule has 0 saturated carbocycles. The second kappa shape index (κ2) is 2.11. The van der Waals surface area contributed by atoms with Gasteiger partial charge in [-0.15, -0.1) is 0 Å². The standard InChI is InChI=1S/C6H10N2/c7-5-1-2-6(8)4-3-5/h1-6H,7-8H2/i1D,2D,5D,6D. The Morgan fingerprint density at radius 2 is 1.62 bits per heavy atom. The number of hydrogen-bond acceptors (Lipinski definition) is 2. The van der Waals surface area contributed by atoms with Crippen LogP contribution in [0.15, 0.2) is 24.3 Å². The summed E-state index contributed by atoms with van der Waals surface area (Å²) in [6.07, 6.45) is 2.31. The van der Waals surface area contributed by atoms with Crippen LogP contribution in [0, 0.1) is 0 Å². The van der Waals surface area contributed by atoms with Gasteiger partial charge in [-0.2, -0.15) is 0 Å². The highest BCUT2D eigenvalue weighted by Gasteiger charge is 1.98. The lowest BCUT2D eigenvalue weighted by atomic mass is 10.1. The summed E-state index contributed by atoms with van der Waals surface area (Å²) < 4.78 is 29.2. The van der Waals surface area contributed by atoms with Gasteiger partial charge in [0.15, 0.2) is 0 Å². The van der Waals surface area contributed by atoms with E-state index < -0.39 is 24.1 Å². The van der Waals surface area contributed by atoms with Crippen molar-refractivity contribution < 1.29 is 5.48 Å². The largest absolute Gasteiger partial charge is 0.321 e. The van der Waals surface area contributed by atoms with Gasteiger partial charge in [-0.1, -0.05) is 24.3 Å². The molecule has 0 radical (unpaired) electrons. The van der Waals surface area contributed by atoms with Gasteiger partial charge in [0.2, 0.25) is 0 Å². The van der Waals surface area contributed by atoms with Crippen molar-refractivity contribution in [3.8, 4) is 0 Å². The van der Waals surface area contributed by atoms with Crippen molar-refractivity contribution >= 4 is 0 Å². The van der Waals surface area contributed by atoms with Crippen LogP contribution in [0.4, 0.5) is 0 Å². The van der Waals surface area contributed by atoms with Crippen molar-refractivity contribution in [3.05, 3.63) is 24.3 Å². The second-order valence-corrected chi connectivity index (χ2v) is 1.49. The third-order valence-electron chi connectivity index (χ3n) is 0.794. The summed E-state index contributed by atoms with van der Waals surface area (Å²) in [6, 6.07) is -4.27. The van der Waals surface area contributed by atoms with Crippen molar-refractivity contribution in [1.29, 1.82) is 0 Å². The predicted molar refractivity (Wildman–Crippen MR) is 34.2 cm³/mol. The average Bonchev–Trinajstić information content (AvgIpc) is 1.96. The SMILES string of the molecule is [2H]C1=C([2H])C([2H])(N)C=CC1([2H])N. The molecule has 0 aromatic rings. The van der Waals surface area contributed by atoms with E-state index in [9.17, 15) is 0 Å². The molecule has 4 N–H and O–H groups in total. The van der Waals surface area contributed by atoms with Crippen LogP contribution in [0.25, 0.3) is 0 Å². The molecule has 0 saturated heterocycles. The first-order chi connectivity index (χ1) is 5.27. The van der Waals surface area contributed by atoms with Gasteiger partial charge in [-0.3, -0.25) is 0 Å². The van der Waals surface area contributed by atoms with Crippen molar-refractivity contribution in [3.63, 3.8) is 0 Å². The summed E-state index contributed by atoms with van der Waals surface area (Å²) in [6.45, 7) is 0. The maximum atomic E-state index is 7.33. The Bertz CT molecular complexity index is 241. The molecule has 0 spiro atoms. The highest BCUT2D eigenvalue weighted by Crippen LogP contribution is 1.96. The van der Waals surface area contributed by atoms with Crippen LogP contribution in [-0.4, -0.2) is 12.0 Å². The highest BCUT2D eigenvalue weighted by molar-refractivity contribution is 5.18. The molecule has 0 amide bonds. The molecule has 1 aliphatic carbocycles. The summed E-state index contributed by atoms with van der Waals surface area (Å²) in [5.74, 6) is 0. The quantitative estimate of drug-likeness (QED) is 0.427. The van der Waals surface area contributed by atoms with Crippen LogP contribution in [0.2, 0.25) is 0 Å². The summed E-state index contributed by atoms with van der Waals surface area (Å²) >= 11 is 0. The first kappa shape index (κ1) is 2.33. The minimum atomic E-state index is -1.71. The predicted octanol–water partition coefficient (Wildman–Crippen LogP) is -0.233. The number of hydrogen-bond donors (Lipinski definition) is 2. The Labute approximate surface area is 54.5 Å². The molecule has 2 atom stereocenters. The third kappa shape index (κ3) is 1.18. The number of nitrogens with two attached hydrogens (primary N) is 2. The van der Waals surface area contributed by atoms with Crippen LogP contribution >= 0.6 is 0 Å². The monoisotopic (exact) mass is 114 g/mol. The summed E-state index contributed by atoms with van der Waals surface area (Å²) in [7, 11) is 0. The van der Waals surface area contributed by atoms with Crippen molar-refractivity contribution in [2.24, 2.45) is 11.5 Å². The van der Waals surface area contributed by atoms with Gasteiger partial charge in [-0.05, 0) is 0 Å². The molecule has 0 fully saturated rings. The lowest BCUT2D eigenvalue weighted by molar-refractivity contribution is 0.923. The molecule has 0 aromatic carbocycles. The highest BCUT2D eigenvalue weighted by atomic mass is 14.6. The van der Waals surface area contributed by atoms with Gasteiger partial charge < -0.3 is 11.5 Å². The molecule has 1 rings (SSSR count). The Balaban J connectivity index is 3.18. The Hall–Kier alpha value is -0.600. The average molecular weight is 114 g/mol. The smallest absolute Gasteiger partial charge is 0.0593 e. The fraction of sp³-hybridized carbons (Fsp3) is 0.333. The van der Waals surface area contributed by atoms with Crippen LogP contribution < -0.4 is 11.5 Å². The van der Waals surface area contributed by atoms with E-state index in [0.717, 1.165) is 12.2 Å². The molecular weight excluding hydrogens is 100 g/mol. The molecule has 2 nitrogen and oxygen atoms in total. The van der Waals surface area contributed by atoms with Crippen LogP contribution in [-0.2, 0) is 0 Å². The molecular formula is C6H10N2. The van der Waals surface area contributed by atoms with E-state index in [1.54, 1.807) is 0 Å². The normalized spacial score (nSPS) is 63.8. The van der Waals surface area contributed by atoms with Gasteiger partial charge in [0.05, 0.1) is 5.48 Å². The first-order valence-corrected chi connectivity index (χ1v) is 2.24. The minimum absolute atomic E-state index is 0.428. The zero-order chi connectivity index (χ0) is 9.57. The second-order valence-electron chi connectivity index (χ2n) is 1.49. The lowest BCUT2D eigenvalue weighted by Crippen LogP contribution is -2.23. The molecule has 44 valence electrons. The Morgan fingerprint density at radius 3 is 2.00 bits per heavy atom. The first-order valence-electron chi connectivity index (χ1n) is 4.24. The zero-order valence-electron chi connectivity index (χ0n) is 8.31. The molecule has 0 aromatic heterocycles. The molecule has 0 heterocycles. The maximum absolute atomic E-state index is 7.33. The molecule has 0 aliphatic heterocycles. The van der Waals surface area contributed by atoms with Crippen molar-refractivity contribution in [1.82, 2.24) is 0 Å². The van der Waals surface area contributed by atoms with Gasteiger partial charge >= 0.3 is 0 Å². The summed E-state index contributed by atoms with van der Waals surface area (Å²) in [5, 5.41) is 0. The molecule has 2 unspecified atom stereocenters. The Morgan fingerprint density at radius 1 is 1.25 bits per heavy atom. The van der Waals surface area contributed by atoms with E-state index in [1.165, 1.54) is 0 Å². The van der Waals surface area contributed by atoms with E-state index in [4.69, 9.17) is 17.0 Å². The van der Waals surface area contributed by atoms with Crippen LogP contribution in [0.1, 0.15) is 5.48 Å². The summed E-state index contributed by atoms with van der Waals surface area (Å²) in [4.78, 5) is 0. The molecule has 2 heteroatoms. The third-order valence-corrected chi connectivity index (χ3v) is 0.794. The fourth-order valence-electron chi connectivity index (χ4n) is 0.407.